The third-order valence-electron chi connectivity index (χ3n) is 3.99. The lowest BCUT2D eigenvalue weighted by molar-refractivity contribution is 0.0978. The molecule has 0 aliphatic rings. The number of aliphatic hydroxyl groups excluding tert-OH is 1. The predicted molar refractivity (Wildman–Crippen MR) is 115 cm³/mol. The van der Waals surface area contributed by atoms with Crippen molar-refractivity contribution >= 4 is 52.1 Å². The maximum absolute atomic E-state index is 12.4. The van der Waals surface area contributed by atoms with Crippen LogP contribution in [0.2, 0.25) is 10.0 Å². The number of halogens is 2. The number of amides is 1. The summed E-state index contributed by atoms with van der Waals surface area (Å²) >= 11 is 17.2. The highest BCUT2D eigenvalue weighted by atomic mass is 35.5. The van der Waals surface area contributed by atoms with Gasteiger partial charge in [0.15, 0.2) is 5.11 Å². The largest absolute Gasteiger partial charge is 0.459 e. The number of nitrogens with one attached hydrogen (secondary N) is 2. The first-order valence-corrected chi connectivity index (χ1v) is 9.42. The number of carbonyl (C=O) groups is 1. The molecule has 8 heteroatoms. The molecule has 0 fully saturated rings. The standard InChI is InChI=1S/C20H16Cl2N2O3S/c1-11-2-3-12(18-7-5-14(10-25)27-18)8-17(11)23-20(28)24-19(26)15-6-4-13(21)9-16(15)22/h2-9,25H,10H2,1H3,(H2,23,24,26,28). The lowest BCUT2D eigenvalue weighted by Crippen LogP contribution is -2.34. The Labute approximate surface area is 177 Å². The van der Waals surface area contributed by atoms with Crippen LogP contribution in [0.15, 0.2) is 52.9 Å². The van der Waals surface area contributed by atoms with Crippen molar-refractivity contribution in [2.24, 2.45) is 0 Å². The molecule has 2 aromatic carbocycles. The summed E-state index contributed by atoms with van der Waals surface area (Å²) in [6.07, 6.45) is 0. The Bertz CT molecular complexity index is 1050. The first kappa shape index (κ1) is 20.4. The van der Waals surface area contributed by atoms with Gasteiger partial charge < -0.3 is 14.8 Å². The molecule has 1 amide bonds. The van der Waals surface area contributed by atoms with Crippen LogP contribution in [0.5, 0.6) is 0 Å². The summed E-state index contributed by atoms with van der Waals surface area (Å²) in [5.74, 6) is 0.661. The second-order valence-electron chi connectivity index (χ2n) is 5.99. The van der Waals surface area contributed by atoms with E-state index in [4.69, 9.17) is 44.9 Å². The van der Waals surface area contributed by atoms with Crippen molar-refractivity contribution in [2.75, 3.05) is 5.32 Å². The van der Waals surface area contributed by atoms with Crippen LogP contribution in [-0.4, -0.2) is 16.1 Å². The number of thiocarbonyl (C=S) groups is 1. The van der Waals surface area contributed by atoms with Crippen LogP contribution in [0.25, 0.3) is 11.3 Å². The number of hydrogen-bond donors (Lipinski definition) is 3. The Kier molecular flexibility index (Phi) is 6.36. The van der Waals surface area contributed by atoms with E-state index in [1.54, 1.807) is 18.2 Å². The normalized spacial score (nSPS) is 10.6. The van der Waals surface area contributed by atoms with E-state index < -0.39 is 5.91 Å². The van der Waals surface area contributed by atoms with Crippen molar-refractivity contribution in [3.8, 4) is 11.3 Å². The van der Waals surface area contributed by atoms with Gasteiger partial charge in [-0.15, -0.1) is 0 Å². The zero-order valence-electron chi connectivity index (χ0n) is 14.8. The molecule has 0 aliphatic heterocycles. The number of aliphatic hydroxyl groups is 1. The van der Waals surface area contributed by atoms with Crippen LogP contribution in [0.1, 0.15) is 21.7 Å². The molecule has 144 valence electrons. The van der Waals surface area contributed by atoms with Gasteiger partial charge in [0.1, 0.15) is 18.1 Å². The quantitative estimate of drug-likeness (QED) is 0.493. The molecule has 0 unspecified atom stereocenters. The smallest absolute Gasteiger partial charge is 0.258 e. The average Bonchev–Trinajstić information content (AvgIpc) is 3.12. The average molecular weight is 435 g/mol. The monoisotopic (exact) mass is 434 g/mol. The van der Waals surface area contributed by atoms with Crippen molar-refractivity contribution in [3.63, 3.8) is 0 Å². The molecule has 0 spiro atoms. The van der Waals surface area contributed by atoms with Gasteiger partial charge in [0.2, 0.25) is 0 Å². The Morgan fingerprint density at radius 1 is 1.14 bits per heavy atom. The van der Waals surface area contributed by atoms with Gasteiger partial charge in [-0.25, -0.2) is 0 Å². The zero-order chi connectivity index (χ0) is 20.3. The fraction of sp³-hybridized carbons (Fsp3) is 0.100. The summed E-state index contributed by atoms with van der Waals surface area (Å²) in [5, 5.41) is 15.6. The van der Waals surface area contributed by atoms with Crippen molar-refractivity contribution in [3.05, 3.63) is 75.5 Å². The van der Waals surface area contributed by atoms with Crippen LogP contribution in [0.3, 0.4) is 0 Å². The molecule has 5 nitrogen and oxygen atoms in total. The summed E-state index contributed by atoms with van der Waals surface area (Å²) < 4.78 is 5.56. The van der Waals surface area contributed by atoms with Crippen LogP contribution in [-0.2, 0) is 6.61 Å². The molecule has 0 bridgehead atoms. The molecule has 1 aromatic heterocycles. The van der Waals surface area contributed by atoms with E-state index in [-0.39, 0.29) is 22.3 Å². The van der Waals surface area contributed by atoms with Crippen LogP contribution in [0.4, 0.5) is 5.69 Å². The second kappa shape index (κ2) is 8.75. The van der Waals surface area contributed by atoms with Gasteiger partial charge in [-0.1, -0.05) is 35.3 Å². The minimum absolute atomic E-state index is 0.131. The Hall–Kier alpha value is -2.38. The molecule has 1 heterocycles. The number of anilines is 1. The number of furan rings is 1. The van der Waals surface area contributed by atoms with Crippen LogP contribution >= 0.6 is 35.4 Å². The Morgan fingerprint density at radius 3 is 2.61 bits per heavy atom. The van der Waals surface area contributed by atoms with E-state index in [2.05, 4.69) is 10.6 Å². The van der Waals surface area contributed by atoms with E-state index in [0.29, 0.717) is 22.2 Å². The van der Waals surface area contributed by atoms with E-state index in [1.165, 1.54) is 12.1 Å². The van der Waals surface area contributed by atoms with Crippen molar-refractivity contribution in [2.45, 2.75) is 13.5 Å². The lowest BCUT2D eigenvalue weighted by Gasteiger charge is -2.13. The maximum Gasteiger partial charge on any atom is 0.258 e. The van der Waals surface area contributed by atoms with Crippen molar-refractivity contribution in [1.29, 1.82) is 0 Å². The van der Waals surface area contributed by atoms with E-state index in [9.17, 15) is 4.79 Å². The number of aryl methyl sites for hydroxylation is 1. The van der Waals surface area contributed by atoms with Crippen molar-refractivity contribution in [1.82, 2.24) is 5.32 Å². The molecule has 28 heavy (non-hydrogen) atoms. The third-order valence-corrected chi connectivity index (χ3v) is 4.74. The molecule has 0 saturated heterocycles. The highest BCUT2D eigenvalue weighted by Gasteiger charge is 2.13. The van der Waals surface area contributed by atoms with E-state index in [0.717, 1.165) is 11.1 Å². The van der Waals surface area contributed by atoms with Gasteiger partial charge in [-0.05, 0) is 61.1 Å². The fourth-order valence-corrected chi connectivity index (χ4v) is 3.22. The molecule has 3 rings (SSSR count). The highest BCUT2D eigenvalue weighted by molar-refractivity contribution is 7.80. The Balaban J connectivity index is 1.74. The molecular formula is C20H16Cl2N2O3S. The molecule has 0 radical (unpaired) electrons. The zero-order valence-corrected chi connectivity index (χ0v) is 17.1. The molecule has 0 aliphatic carbocycles. The summed E-state index contributed by atoms with van der Waals surface area (Å²) in [6, 6.07) is 13.7. The lowest BCUT2D eigenvalue weighted by atomic mass is 10.1. The summed E-state index contributed by atoms with van der Waals surface area (Å²) in [5.41, 5.74) is 2.72. The summed E-state index contributed by atoms with van der Waals surface area (Å²) in [7, 11) is 0. The van der Waals surface area contributed by atoms with Gasteiger partial charge in [0, 0.05) is 16.3 Å². The SMILES string of the molecule is Cc1ccc(-c2ccc(CO)o2)cc1NC(=S)NC(=O)c1ccc(Cl)cc1Cl. The van der Waals surface area contributed by atoms with Crippen LogP contribution < -0.4 is 10.6 Å². The van der Waals surface area contributed by atoms with Gasteiger partial charge in [-0.2, -0.15) is 0 Å². The number of hydrogen-bond acceptors (Lipinski definition) is 4. The number of benzene rings is 2. The van der Waals surface area contributed by atoms with E-state index in [1.807, 2.05) is 25.1 Å². The topological polar surface area (TPSA) is 74.5 Å². The molecule has 0 atom stereocenters. The highest BCUT2D eigenvalue weighted by Crippen LogP contribution is 2.27. The molecule has 3 aromatic rings. The van der Waals surface area contributed by atoms with Gasteiger partial charge in [0.05, 0.1) is 10.6 Å². The second-order valence-corrected chi connectivity index (χ2v) is 7.24. The molecular weight excluding hydrogens is 419 g/mol. The fourth-order valence-electron chi connectivity index (χ4n) is 2.53. The van der Waals surface area contributed by atoms with Gasteiger partial charge >= 0.3 is 0 Å². The van der Waals surface area contributed by atoms with Crippen LogP contribution in [0, 0.1) is 6.92 Å². The molecule has 3 N–H and O–H groups in total. The third kappa shape index (κ3) is 4.72. The Morgan fingerprint density at radius 2 is 1.93 bits per heavy atom. The van der Waals surface area contributed by atoms with Gasteiger partial charge in [0.25, 0.3) is 5.91 Å². The first-order valence-electron chi connectivity index (χ1n) is 8.25. The molecule has 0 saturated carbocycles. The van der Waals surface area contributed by atoms with E-state index >= 15 is 0 Å². The first-order chi connectivity index (χ1) is 13.4. The minimum Gasteiger partial charge on any atom is -0.459 e. The summed E-state index contributed by atoms with van der Waals surface area (Å²) in [6.45, 7) is 1.74. The summed E-state index contributed by atoms with van der Waals surface area (Å²) in [4.78, 5) is 12.4. The number of rotatable bonds is 4. The van der Waals surface area contributed by atoms with Crippen molar-refractivity contribution < 1.29 is 14.3 Å². The number of carbonyl (C=O) groups excluding carboxylic acids is 1. The van der Waals surface area contributed by atoms with Gasteiger partial charge in [-0.3, -0.25) is 10.1 Å². The minimum atomic E-state index is -0.438. The predicted octanol–water partition coefficient (Wildman–Crippen LogP) is 5.18. The maximum atomic E-state index is 12.4.